The minimum absolute atomic E-state index is 0.567. The van der Waals surface area contributed by atoms with Crippen molar-refractivity contribution >= 4 is 0 Å². The normalized spacial score (nSPS) is 12.7. The molecule has 17 heavy (non-hydrogen) atoms. The molecular weight excluding hydrogens is 214 g/mol. The summed E-state index contributed by atoms with van der Waals surface area (Å²) in [6.07, 6.45) is 1.22. The Bertz CT molecular complexity index is 517. The van der Waals surface area contributed by atoms with E-state index in [1.54, 1.807) is 17.8 Å². The predicted molar refractivity (Wildman–Crippen MR) is 65.7 cm³/mol. The van der Waals surface area contributed by atoms with Gasteiger partial charge in [-0.15, -0.1) is 5.10 Å². The maximum absolute atomic E-state index is 9.39. The summed E-state index contributed by atoms with van der Waals surface area (Å²) in [5.41, 5.74) is 4.31. The van der Waals surface area contributed by atoms with Crippen LogP contribution in [0.4, 0.5) is 0 Å². The smallest absolute Gasteiger partial charge is 0.111 e. The highest BCUT2D eigenvalue weighted by molar-refractivity contribution is 5.30. The van der Waals surface area contributed by atoms with Crippen LogP contribution >= 0.6 is 0 Å². The van der Waals surface area contributed by atoms with Gasteiger partial charge in [0, 0.05) is 0 Å². The number of rotatable bonds is 3. The van der Waals surface area contributed by atoms with Crippen molar-refractivity contribution in [2.75, 3.05) is 0 Å². The Morgan fingerprint density at radius 3 is 2.76 bits per heavy atom. The van der Waals surface area contributed by atoms with Crippen molar-refractivity contribution in [3.8, 4) is 0 Å². The number of hydrogen-bond acceptors (Lipinski definition) is 3. The Balaban J connectivity index is 2.22. The summed E-state index contributed by atoms with van der Waals surface area (Å²) in [6, 6.07) is 6.36. The summed E-state index contributed by atoms with van der Waals surface area (Å²) in [5.74, 6) is 0. The number of aryl methyl sites for hydroxylation is 2. The fourth-order valence-corrected chi connectivity index (χ4v) is 1.73. The molecule has 0 bridgehead atoms. The molecule has 0 saturated carbocycles. The van der Waals surface area contributed by atoms with E-state index >= 15 is 0 Å². The molecule has 0 aliphatic carbocycles. The first kappa shape index (κ1) is 11.8. The molecule has 2 aromatic rings. The van der Waals surface area contributed by atoms with E-state index in [-0.39, 0.29) is 0 Å². The van der Waals surface area contributed by atoms with Crippen LogP contribution in [0.2, 0.25) is 0 Å². The molecule has 4 nitrogen and oxygen atoms in total. The molecular formula is C13H17N3O. The summed E-state index contributed by atoms with van der Waals surface area (Å²) in [6.45, 7) is 6.53. The van der Waals surface area contributed by atoms with Gasteiger partial charge >= 0.3 is 0 Å². The van der Waals surface area contributed by atoms with E-state index in [1.165, 1.54) is 16.7 Å². The highest BCUT2D eigenvalue weighted by Crippen LogP contribution is 2.13. The fraction of sp³-hybridized carbons (Fsp3) is 0.385. The topological polar surface area (TPSA) is 50.9 Å². The van der Waals surface area contributed by atoms with Crippen molar-refractivity contribution < 1.29 is 5.11 Å². The number of aliphatic hydroxyl groups is 1. The van der Waals surface area contributed by atoms with E-state index in [2.05, 4.69) is 42.4 Å². The first-order valence-electron chi connectivity index (χ1n) is 5.70. The largest absolute Gasteiger partial charge is 0.387 e. The Hall–Kier alpha value is -1.68. The summed E-state index contributed by atoms with van der Waals surface area (Å²) in [5, 5.41) is 17.3. The zero-order valence-electron chi connectivity index (χ0n) is 10.4. The zero-order valence-corrected chi connectivity index (χ0v) is 10.4. The second-order valence-electron chi connectivity index (χ2n) is 4.45. The molecule has 0 aliphatic rings. The van der Waals surface area contributed by atoms with E-state index in [0.717, 1.165) is 0 Å². The number of aromatic nitrogens is 3. The van der Waals surface area contributed by atoms with Gasteiger partial charge in [0.1, 0.15) is 5.69 Å². The van der Waals surface area contributed by atoms with Crippen molar-refractivity contribution in [3.63, 3.8) is 0 Å². The van der Waals surface area contributed by atoms with Crippen LogP contribution in [0, 0.1) is 13.8 Å². The minimum Gasteiger partial charge on any atom is -0.387 e. The van der Waals surface area contributed by atoms with E-state index in [1.807, 2.05) is 0 Å². The lowest BCUT2D eigenvalue weighted by Gasteiger charge is -2.06. The van der Waals surface area contributed by atoms with Gasteiger partial charge in [-0.3, -0.25) is 0 Å². The Morgan fingerprint density at radius 1 is 1.35 bits per heavy atom. The second kappa shape index (κ2) is 4.67. The molecule has 0 radical (unpaired) electrons. The van der Waals surface area contributed by atoms with Crippen molar-refractivity contribution in [3.05, 3.63) is 46.8 Å². The molecule has 2 rings (SSSR count). The van der Waals surface area contributed by atoms with Crippen LogP contribution in [0.3, 0.4) is 0 Å². The Labute approximate surface area is 101 Å². The van der Waals surface area contributed by atoms with E-state index in [0.29, 0.717) is 12.2 Å². The summed E-state index contributed by atoms with van der Waals surface area (Å²) < 4.78 is 1.75. The average molecular weight is 231 g/mol. The van der Waals surface area contributed by atoms with E-state index < -0.39 is 6.10 Å². The molecule has 0 aliphatic heterocycles. The van der Waals surface area contributed by atoms with Gasteiger partial charge in [-0.2, -0.15) is 0 Å². The molecule has 1 aromatic carbocycles. The maximum Gasteiger partial charge on any atom is 0.111 e. The maximum atomic E-state index is 9.39. The van der Waals surface area contributed by atoms with Gasteiger partial charge in [-0.05, 0) is 31.9 Å². The molecule has 1 atom stereocenters. The van der Waals surface area contributed by atoms with Crippen LogP contribution in [-0.4, -0.2) is 20.1 Å². The van der Waals surface area contributed by atoms with Crippen molar-refractivity contribution in [2.24, 2.45) is 0 Å². The van der Waals surface area contributed by atoms with Gasteiger partial charge in [0.15, 0.2) is 0 Å². The summed E-state index contributed by atoms with van der Waals surface area (Å²) in [7, 11) is 0. The Morgan fingerprint density at radius 2 is 2.12 bits per heavy atom. The zero-order chi connectivity index (χ0) is 12.4. The van der Waals surface area contributed by atoms with Crippen LogP contribution in [-0.2, 0) is 6.54 Å². The average Bonchev–Trinajstić information content (AvgIpc) is 2.72. The number of aliphatic hydroxyl groups excluding tert-OH is 1. The predicted octanol–water partition coefficient (Wildman–Crippen LogP) is 2.00. The van der Waals surface area contributed by atoms with Gasteiger partial charge in [0.25, 0.3) is 0 Å². The van der Waals surface area contributed by atoms with Crippen molar-refractivity contribution in [1.82, 2.24) is 15.0 Å². The summed E-state index contributed by atoms with van der Waals surface area (Å²) >= 11 is 0. The highest BCUT2D eigenvalue weighted by atomic mass is 16.3. The molecule has 1 unspecified atom stereocenters. The lowest BCUT2D eigenvalue weighted by atomic mass is 10.1. The van der Waals surface area contributed by atoms with Crippen LogP contribution in [0.15, 0.2) is 24.4 Å². The molecule has 1 aromatic heterocycles. The first-order valence-corrected chi connectivity index (χ1v) is 5.70. The molecule has 0 amide bonds. The molecule has 4 heteroatoms. The van der Waals surface area contributed by atoms with Gasteiger partial charge in [0.2, 0.25) is 0 Å². The lowest BCUT2D eigenvalue weighted by molar-refractivity contribution is 0.194. The van der Waals surface area contributed by atoms with Gasteiger partial charge in [0.05, 0.1) is 18.8 Å². The molecule has 1 N–H and O–H groups in total. The van der Waals surface area contributed by atoms with Gasteiger partial charge < -0.3 is 5.11 Å². The fourth-order valence-electron chi connectivity index (χ4n) is 1.73. The van der Waals surface area contributed by atoms with Gasteiger partial charge in [-0.25, -0.2) is 4.68 Å². The second-order valence-corrected chi connectivity index (χ2v) is 4.45. The highest BCUT2D eigenvalue weighted by Gasteiger charge is 2.07. The minimum atomic E-state index is -0.567. The standard InChI is InChI=1S/C13H17N3O/c1-9-4-5-10(2)12(6-9)7-16-8-13(11(3)17)14-15-16/h4-6,8,11,17H,7H2,1-3H3. The monoisotopic (exact) mass is 231 g/mol. The van der Waals surface area contributed by atoms with Crippen LogP contribution in [0.5, 0.6) is 0 Å². The third-order valence-corrected chi connectivity index (χ3v) is 2.82. The molecule has 0 saturated heterocycles. The SMILES string of the molecule is Cc1ccc(C)c(Cn2cc(C(C)O)nn2)c1. The lowest BCUT2D eigenvalue weighted by Crippen LogP contribution is -2.02. The molecule has 1 heterocycles. The van der Waals surface area contributed by atoms with E-state index in [9.17, 15) is 5.11 Å². The number of hydrogen-bond donors (Lipinski definition) is 1. The quantitative estimate of drug-likeness (QED) is 0.879. The van der Waals surface area contributed by atoms with Crippen LogP contribution in [0.25, 0.3) is 0 Å². The number of benzene rings is 1. The molecule has 0 spiro atoms. The third kappa shape index (κ3) is 2.71. The molecule has 90 valence electrons. The van der Waals surface area contributed by atoms with Crippen molar-refractivity contribution in [2.45, 2.75) is 33.4 Å². The van der Waals surface area contributed by atoms with Crippen LogP contribution in [0.1, 0.15) is 35.4 Å². The van der Waals surface area contributed by atoms with Crippen LogP contribution < -0.4 is 0 Å². The third-order valence-electron chi connectivity index (χ3n) is 2.82. The first-order chi connectivity index (χ1) is 8.06. The number of nitrogens with zero attached hydrogens (tertiary/aromatic N) is 3. The summed E-state index contributed by atoms with van der Waals surface area (Å²) in [4.78, 5) is 0. The Kier molecular flexibility index (Phi) is 3.24. The molecule has 0 fully saturated rings. The van der Waals surface area contributed by atoms with E-state index in [4.69, 9.17) is 0 Å². The van der Waals surface area contributed by atoms with Crippen molar-refractivity contribution in [1.29, 1.82) is 0 Å². The van der Waals surface area contributed by atoms with Gasteiger partial charge in [-0.1, -0.05) is 29.0 Å².